The number of nitrogens with zero attached hydrogens (tertiary/aromatic N) is 1. The second-order valence-electron chi connectivity index (χ2n) is 6.55. The van der Waals surface area contributed by atoms with Gasteiger partial charge in [0.1, 0.15) is 0 Å². The van der Waals surface area contributed by atoms with Crippen molar-refractivity contribution >= 4 is 23.2 Å². The molecule has 0 aromatic heterocycles. The lowest BCUT2D eigenvalue weighted by molar-refractivity contribution is -0.121. The van der Waals surface area contributed by atoms with Crippen LogP contribution in [0, 0.1) is 6.92 Å². The fourth-order valence-corrected chi connectivity index (χ4v) is 3.91. The van der Waals surface area contributed by atoms with E-state index in [1.807, 2.05) is 19.1 Å². The largest absolute Gasteiger partial charge is 0.393 e. The number of halogens is 1. The number of carbonyl (C=O) groups is 1. The Balaban J connectivity index is 1.62. The zero-order valence-corrected chi connectivity index (χ0v) is 13.6. The average molecular weight is 323 g/mol. The highest BCUT2D eigenvalue weighted by molar-refractivity contribution is 6.31. The predicted molar refractivity (Wildman–Crippen MR) is 88.2 cm³/mol. The highest BCUT2D eigenvalue weighted by atomic mass is 35.5. The van der Waals surface area contributed by atoms with Crippen LogP contribution in [0.5, 0.6) is 0 Å². The Kier molecular flexibility index (Phi) is 4.71. The van der Waals surface area contributed by atoms with Gasteiger partial charge in [-0.15, -0.1) is 0 Å². The van der Waals surface area contributed by atoms with E-state index in [9.17, 15) is 9.90 Å². The molecule has 4 nitrogen and oxygen atoms in total. The topological polar surface area (TPSA) is 52.6 Å². The number of benzene rings is 1. The van der Waals surface area contributed by atoms with Gasteiger partial charge in [-0.2, -0.15) is 0 Å². The minimum absolute atomic E-state index is 0.00927. The number of amides is 1. The molecule has 5 heteroatoms. The zero-order valence-electron chi connectivity index (χ0n) is 12.9. The lowest BCUT2D eigenvalue weighted by atomic mass is 9.83. The first-order valence-electron chi connectivity index (χ1n) is 8.03. The first-order chi connectivity index (χ1) is 10.5. The number of piperidine rings is 2. The first kappa shape index (κ1) is 15.8. The molecule has 2 aliphatic heterocycles. The van der Waals surface area contributed by atoms with Gasteiger partial charge >= 0.3 is 0 Å². The van der Waals surface area contributed by atoms with Crippen LogP contribution in [-0.2, 0) is 4.79 Å². The zero-order chi connectivity index (χ0) is 15.7. The molecule has 120 valence electrons. The number of aliphatic hydroxyl groups is 1. The van der Waals surface area contributed by atoms with Gasteiger partial charge in [0.05, 0.1) is 12.6 Å². The van der Waals surface area contributed by atoms with Gasteiger partial charge in [0, 0.05) is 22.8 Å². The number of aliphatic hydroxyl groups excluding tert-OH is 1. The Morgan fingerprint density at radius 2 is 2.05 bits per heavy atom. The quantitative estimate of drug-likeness (QED) is 0.899. The number of hydrogen-bond acceptors (Lipinski definition) is 3. The van der Waals surface area contributed by atoms with Crippen LogP contribution in [0.4, 0.5) is 5.69 Å². The number of rotatable bonds is 3. The maximum atomic E-state index is 12.3. The van der Waals surface area contributed by atoms with E-state index >= 15 is 0 Å². The van der Waals surface area contributed by atoms with Crippen molar-refractivity contribution in [2.45, 2.75) is 57.2 Å². The van der Waals surface area contributed by atoms with E-state index in [2.05, 4.69) is 10.2 Å². The van der Waals surface area contributed by atoms with Gasteiger partial charge in [0.25, 0.3) is 0 Å². The summed E-state index contributed by atoms with van der Waals surface area (Å²) in [5, 5.41) is 13.6. The Hall–Kier alpha value is -1.10. The molecule has 2 fully saturated rings. The van der Waals surface area contributed by atoms with Crippen molar-refractivity contribution in [3.05, 3.63) is 28.8 Å². The summed E-state index contributed by atoms with van der Waals surface area (Å²) in [6, 6.07) is 6.22. The molecular formula is C17H23ClN2O2. The minimum atomic E-state index is -0.200. The highest BCUT2D eigenvalue weighted by Crippen LogP contribution is 2.33. The molecule has 2 bridgehead atoms. The van der Waals surface area contributed by atoms with E-state index in [1.165, 1.54) is 6.42 Å². The number of nitrogens with one attached hydrogen (secondary N) is 1. The van der Waals surface area contributed by atoms with Crippen LogP contribution in [0.3, 0.4) is 0 Å². The minimum Gasteiger partial charge on any atom is -0.393 e. The summed E-state index contributed by atoms with van der Waals surface area (Å²) in [7, 11) is 0. The van der Waals surface area contributed by atoms with Crippen LogP contribution >= 0.6 is 11.6 Å². The van der Waals surface area contributed by atoms with Gasteiger partial charge < -0.3 is 10.4 Å². The molecule has 1 unspecified atom stereocenters. The molecule has 1 amide bonds. The lowest BCUT2D eigenvalue weighted by Gasteiger charge is -2.47. The second-order valence-corrected chi connectivity index (χ2v) is 6.96. The summed E-state index contributed by atoms with van der Waals surface area (Å²) < 4.78 is 0. The number of anilines is 1. The van der Waals surface area contributed by atoms with Gasteiger partial charge in [-0.1, -0.05) is 18.0 Å². The SMILES string of the molecule is Cc1cc(NC(=O)CN2[C@@H]3CCC[C@H]2CC(O)C3)ccc1Cl. The molecule has 22 heavy (non-hydrogen) atoms. The monoisotopic (exact) mass is 322 g/mol. The van der Waals surface area contributed by atoms with E-state index in [-0.39, 0.29) is 12.0 Å². The van der Waals surface area contributed by atoms with Crippen LogP contribution in [0.25, 0.3) is 0 Å². The molecule has 0 radical (unpaired) electrons. The summed E-state index contributed by atoms with van der Waals surface area (Å²) in [4.78, 5) is 14.6. The third-order valence-electron chi connectivity index (χ3n) is 4.87. The van der Waals surface area contributed by atoms with Crippen LogP contribution in [0.2, 0.25) is 5.02 Å². The molecule has 3 rings (SSSR count). The smallest absolute Gasteiger partial charge is 0.238 e. The van der Waals surface area contributed by atoms with E-state index in [4.69, 9.17) is 11.6 Å². The summed E-state index contributed by atoms with van der Waals surface area (Å²) in [6.45, 7) is 2.33. The molecule has 0 aliphatic carbocycles. The third-order valence-corrected chi connectivity index (χ3v) is 5.29. The summed E-state index contributed by atoms with van der Waals surface area (Å²) >= 11 is 6.01. The molecule has 1 aromatic carbocycles. The molecule has 0 saturated carbocycles. The van der Waals surface area contributed by atoms with Crippen molar-refractivity contribution in [3.8, 4) is 0 Å². The molecular weight excluding hydrogens is 300 g/mol. The van der Waals surface area contributed by atoms with Crippen molar-refractivity contribution in [3.63, 3.8) is 0 Å². The van der Waals surface area contributed by atoms with E-state index < -0.39 is 0 Å². The maximum Gasteiger partial charge on any atom is 0.238 e. The number of fused-ring (bicyclic) bond motifs is 2. The van der Waals surface area contributed by atoms with Crippen molar-refractivity contribution in [1.82, 2.24) is 4.90 Å². The number of hydrogen-bond donors (Lipinski definition) is 2. The Morgan fingerprint density at radius 3 is 2.68 bits per heavy atom. The Bertz CT molecular complexity index is 550. The third kappa shape index (κ3) is 3.45. The first-order valence-corrected chi connectivity index (χ1v) is 8.40. The highest BCUT2D eigenvalue weighted by Gasteiger charge is 2.38. The van der Waals surface area contributed by atoms with E-state index in [0.29, 0.717) is 23.7 Å². The summed E-state index contributed by atoms with van der Waals surface area (Å²) in [5.74, 6) is 0.00927. The van der Waals surface area contributed by atoms with Crippen LogP contribution in [0.15, 0.2) is 18.2 Å². The summed E-state index contributed by atoms with van der Waals surface area (Å²) in [5.41, 5.74) is 1.74. The van der Waals surface area contributed by atoms with E-state index in [1.54, 1.807) is 6.07 Å². The number of aryl methyl sites for hydroxylation is 1. The van der Waals surface area contributed by atoms with Crippen molar-refractivity contribution in [2.24, 2.45) is 0 Å². The predicted octanol–water partition coefficient (Wildman–Crippen LogP) is 2.96. The fourth-order valence-electron chi connectivity index (χ4n) is 3.80. The van der Waals surface area contributed by atoms with Crippen LogP contribution in [0.1, 0.15) is 37.7 Å². The van der Waals surface area contributed by atoms with Gasteiger partial charge in [-0.3, -0.25) is 9.69 Å². The molecule has 2 saturated heterocycles. The van der Waals surface area contributed by atoms with Gasteiger partial charge in [-0.25, -0.2) is 0 Å². The van der Waals surface area contributed by atoms with Crippen LogP contribution in [-0.4, -0.2) is 40.6 Å². The standard InChI is InChI=1S/C17H23ClN2O2/c1-11-7-12(5-6-16(11)18)19-17(22)10-20-13-3-2-4-14(20)9-15(21)8-13/h5-7,13-15,21H,2-4,8-10H2,1H3,(H,19,22)/t13-,14+,15?. The normalized spacial score (nSPS) is 28.4. The lowest BCUT2D eigenvalue weighted by Crippen LogP contribution is -2.55. The van der Waals surface area contributed by atoms with Gasteiger partial charge in [0.15, 0.2) is 0 Å². The van der Waals surface area contributed by atoms with Crippen molar-refractivity contribution < 1.29 is 9.90 Å². The second kappa shape index (κ2) is 6.57. The maximum absolute atomic E-state index is 12.3. The van der Waals surface area contributed by atoms with Crippen LogP contribution < -0.4 is 5.32 Å². The molecule has 2 heterocycles. The average Bonchev–Trinajstić information content (AvgIpc) is 2.44. The number of carbonyl (C=O) groups excluding carboxylic acids is 1. The van der Waals surface area contributed by atoms with Gasteiger partial charge in [0.2, 0.25) is 5.91 Å². The molecule has 0 spiro atoms. The molecule has 1 aromatic rings. The molecule has 2 aliphatic rings. The summed E-state index contributed by atoms with van der Waals surface area (Å²) in [6.07, 6.45) is 4.76. The Labute approximate surface area is 136 Å². The van der Waals surface area contributed by atoms with Gasteiger partial charge in [-0.05, 0) is 56.4 Å². The van der Waals surface area contributed by atoms with Crippen molar-refractivity contribution in [2.75, 3.05) is 11.9 Å². The molecule has 3 atom stereocenters. The molecule has 2 N–H and O–H groups in total. The fraction of sp³-hybridized carbons (Fsp3) is 0.588. The van der Waals surface area contributed by atoms with E-state index in [0.717, 1.165) is 36.9 Å². The Morgan fingerprint density at radius 1 is 1.36 bits per heavy atom. The van der Waals surface area contributed by atoms with Crippen molar-refractivity contribution in [1.29, 1.82) is 0 Å².